The third kappa shape index (κ3) is 7.34. The van der Waals surface area contributed by atoms with E-state index in [0.29, 0.717) is 33.3 Å². The van der Waals surface area contributed by atoms with Gasteiger partial charge < -0.3 is 20.9 Å². The molecule has 6 nitrogen and oxygen atoms in total. The van der Waals surface area contributed by atoms with Gasteiger partial charge in [-0.25, -0.2) is 9.37 Å². The first-order valence-electron chi connectivity index (χ1n) is 13.4. The van der Waals surface area contributed by atoms with Crippen LogP contribution in [0.3, 0.4) is 0 Å². The third-order valence-corrected chi connectivity index (χ3v) is 9.08. The lowest BCUT2D eigenvalue weighted by Crippen LogP contribution is -2.13. The Labute approximate surface area is 230 Å². The molecule has 0 radical (unpaired) electrons. The van der Waals surface area contributed by atoms with Gasteiger partial charge in [0.15, 0.2) is 5.82 Å². The highest BCUT2D eigenvalue weighted by molar-refractivity contribution is 7.70. The topological polar surface area (TPSA) is 92.9 Å². The smallest absolute Gasteiger partial charge is 0.229 e. The minimum absolute atomic E-state index is 0.310. The Balaban J connectivity index is 1.49. The maximum Gasteiger partial charge on any atom is 0.229 e. The van der Waals surface area contributed by atoms with Gasteiger partial charge >= 0.3 is 0 Å². The fourth-order valence-electron chi connectivity index (χ4n) is 5.08. The first-order chi connectivity index (χ1) is 18.1. The van der Waals surface area contributed by atoms with Crippen molar-refractivity contribution in [3.63, 3.8) is 0 Å². The number of benzene rings is 2. The van der Waals surface area contributed by atoms with Crippen LogP contribution in [0.15, 0.2) is 36.5 Å². The summed E-state index contributed by atoms with van der Waals surface area (Å²) in [5.74, 6) is 1.12. The van der Waals surface area contributed by atoms with Crippen molar-refractivity contribution < 1.29 is 8.96 Å². The summed E-state index contributed by atoms with van der Waals surface area (Å²) in [7, 11) is -2.76. The third-order valence-electron chi connectivity index (χ3n) is 7.28. The van der Waals surface area contributed by atoms with Gasteiger partial charge in [-0.15, -0.1) is 0 Å². The van der Waals surface area contributed by atoms with Crippen LogP contribution in [0.1, 0.15) is 55.2 Å². The Morgan fingerprint density at radius 2 is 1.84 bits per heavy atom. The molecule has 1 heterocycles. The molecule has 0 aliphatic heterocycles. The van der Waals surface area contributed by atoms with Crippen LogP contribution < -0.4 is 21.7 Å². The van der Waals surface area contributed by atoms with Gasteiger partial charge in [-0.05, 0) is 106 Å². The summed E-state index contributed by atoms with van der Waals surface area (Å²) in [6, 6.07) is 9.43. The summed E-state index contributed by atoms with van der Waals surface area (Å²) >= 11 is 6.40. The Morgan fingerprint density at radius 3 is 2.58 bits per heavy atom. The van der Waals surface area contributed by atoms with E-state index >= 15 is 0 Å². The van der Waals surface area contributed by atoms with Crippen LogP contribution in [0.5, 0.6) is 0 Å². The second-order valence-corrected chi connectivity index (χ2v) is 14.3. The minimum atomic E-state index is -2.76. The van der Waals surface area contributed by atoms with E-state index in [2.05, 4.69) is 38.8 Å². The SMILES string of the molecule is Cc1cc(Nc2nc(Nc3ccc4c(c3)CC[C@@H](CCCCCN)CC4)ncc2Cl)c(P(C)(C)=O)cc1F. The van der Waals surface area contributed by atoms with Gasteiger partial charge in [-0.3, -0.25) is 0 Å². The number of hydrogen-bond acceptors (Lipinski definition) is 6. The largest absolute Gasteiger partial charge is 0.338 e. The number of anilines is 4. The first kappa shape index (κ1) is 28.5. The number of nitrogens with two attached hydrogens (primary N) is 1. The van der Waals surface area contributed by atoms with Crippen molar-refractivity contribution in [2.24, 2.45) is 11.7 Å². The molecule has 0 saturated heterocycles. The van der Waals surface area contributed by atoms with Gasteiger partial charge in [-0.1, -0.05) is 36.9 Å². The highest BCUT2D eigenvalue weighted by Gasteiger charge is 2.20. The number of unbranched alkanes of at least 4 members (excludes halogenated alkanes) is 2. The van der Waals surface area contributed by atoms with Gasteiger partial charge in [0.1, 0.15) is 18.0 Å². The molecule has 204 valence electrons. The standard InChI is InChI=1S/C29H38ClFN5OP/c1-19-15-26(27(17-25(19)31)38(2,3)37)35-28-24(30)18-33-29(36-28)34-23-13-12-21-10-8-20(7-5-4-6-14-32)9-11-22(21)16-23/h12-13,15-18,20H,4-11,14,32H2,1-3H3,(H2,33,34,35,36)/t20-/m0/s1. The zero-order valence-electron chi connectivity index (χ0n) is 22.5. The second-order valence-electron chi connectivity index (χ2n) is 10.7. The second kappa shape index (κ2) is 12.6. The quantitative estimate of drug-likeness (QED) is 0.137. The summed E-state index contributed by atoms with van der Waals surface area (Å²) in [5.41, 5.74) is 10.3. The molecule has 1 aliphatic rings. The van der Waals surface area contributed by atoms with Crippen LogP contribution in [0, 0.1) is 18.7 Å². The molecule has 0 unspecified atom stereocenters. The van der Waals surface area contributed by atoms with Crippen molar-refractivity contribution in [1.29, 1.82) is 0 Å². The van der Waals surface area contributed by atoms with Gasteiger partial charge in [0.05, 0.1) is 11.9 Å². The summed E-state index contributed by atoms with van der Waals surface area (Å²) < 4.78 is 27.1. The maximum absolute atomic E-state index is 14.2. The van der Waals surface area contributed by atoms with Crippen molar-refractivity contribution in [3.8, 4) is 0 Å². The summed E-state index contributed by atoms with van der Waals surface area (Å²) in [4.78, 5) is 8.92. The van der Waals surface area contributed by atoms with E-state index in [1.54, 1.807) is 26.3 Å². The van der Waals surface area contributed by atoms with E-state index in [4.69, 9.17) is 17.3 Å². The number of aryl methyl sites for hydroxylation is 3. The van der Waals surface area contributed by atoms with Crippen molar-refractivity contribution in [3.05, 3.63) is 64.1 Å². The fraction of sp³-hybridized carbons (Fsp3) is 0.448. The van der Waals surface area contributed by atoms with Crippen LogP contribution in [-0.2, 0) is 17.4 Å². The lowest BCUT2D eigenvalue weighted by Gasteiger charge is -2.17. The Hall–Kier alpha value is -2.47. The molecule has 1 atom stereocenters. The van der Waals surface area contributed by atoms with Crippen LogP contribution >= 0.6 is 18.7 Å². The fourth-order valence-corrected chi connectivity index (χ4v) is 6.34. The van der Waals surface area contributed by atoms with E-state index in [1.807, 2.05) is 0 Å². The predicted octanol–water partition coefficient (Wildman–Crippen LogP) is 7.33. The van der Waals surface area contributed by atoms with E-state index in [0.717, 1.165) is 37.4 Å². The highest BCUT2D eigenvalue weighted by Crippen LogP contribution is 2.40. The number of rotatable bonds is 10. The molecule has 38 heavy (non-hydrogen) atoms. The number of halogens is 2. The lowest BCUT2D eigenvalue weighted by molar-refractivity contribution is 0.411. The van der Waals surface area contributed by atoms with Crippen LogP contribution in [0.2, 0.25) is 5.02 Å². The minimum Gasteiger partial charge on any atom is -0.338 e. The Kier molecular flexibility index (Phi) is 9.45. The molecule has 1 aliphatic carbocycles. The van der Waals surface area contributed by atoms with E-state index in [-0.39, 0.29) is 0 Å². The predicted molar refractivity (Wildman–Crippen MR) is 158 cm³/mol. The Morgan fingerprint density at radius 1 is 1.08 bits per heavy atom. The van der Waals surface area contributed by atoms with E-state index in [1.165, 1.54) is 55.5 Å². The van der Waals surface area contributed by atoms with Crippen molar-refractivity contribution in [1.82, 2.24) is 9.97 Å². The monoisotopic (exact) mass is 557 g/mol. The molecule has 4 N–H and O–H groups in total. The average Bonchev–Trinajstić information content (AvgIpc) is 3.07. The molecule has 0 spiro atoms. The van der Waals surface area contributed by atoms with Crippen molar-refractivity contribution >= 4 is 47.2 Å². The zero-order chi connectivity index (χ0) is 27.3. The van der Waals surface area contributed by atoms with Gasteiger partial charge in [0.2, 0.25) is 5.95 Å². The molecular weight excluding hydrogens is 520 g/mol. The molecule has 0 saturated carbocycles. The first-order valence-corrected chi connectivity index (χ1v) is 16.4. The number of nitrogens with zero attached hydrogens (tertiary/aromatic N) is 2. The maximum atomic E-state index is 14.2. The van der Waals surface area contributed by atoms with Gasteiger partial charge in [-0.2, -0.15) is 4.98 Å². The molecule has 0 fully saturated rings. The number of aromatic nitrogens is 2. The number of hydrogen-bond donors (Lipinski definition) is 3. The molecule has 2 aromatic carbocycles. The van der Waals surface area contributed by atoms with E-state index < -0.39 is 13.0 Å². The molecule has 3 aromatic rings. The summed E-state index contributed by atoms with van der Waals surface area (Å²) in [6.07, 6.45) is 11.1. The molecule has 0 amide bonds. The summed E-state index contributed by atoms with van der Waals surface area (Å²) in [6.45, 7) is 5.67. The number of fused-ring (bicyclic) bond motifs is 1. The van der Waals surface area contributed by atoms with E-state index in [9.17, 15) is 8.96 Å². The normalized spacial score (nSPS) is 15.6. The van der Waals surface area contributed by atoms with Crippen molar-refractivity contribution in [2.75, 3.05) is 30.5 Å². The highest BCUT2D eigenvalue weighted by atomic mass is 35.5. The van der Waals surface area contributed by atoms with Crippen LogP contribution in [0.4, 0.5) is 27.5 Å². The lowest BCUT2D eigenvalue weighted by atomic mass is 9.93. The average molecular weight is 558 g/mol. The Bertz CT molecular complexity index is 1330. The summed E-state index contributed by atoms with van der Waals surface area (Å²) in [5, 5.41) is 7.19. The molecule has 1 aromatic heterocycles. The van der Waals surface area contributed by atoms with Crippen LogP contribution in [-0.4, -0.2) is 29.8 Å². The molecular formula is C29H38ClFN5OP. The molecule has 4 rings (SSSR count). The number of nitrogens with one attached hydrogen (secondary N) is 2. The zero-order valence-corrected chi connectivity index (χ0v) is 24.1. The van der Waals surface area contributed by atoms with Crippen LogP contribution in [0.25, 0.3) is 0 Å². The molecule has 9 heteroatoms. The molecule has 0 bridgehead atoms. The van der Waals surface area contributed by atoms with Gasteiger partial charge in [0.25, 0.3) is 0 Å². The van der Waals surface area contributed by atoms with Gasteiger partial charge in [0, 0.05) is 11.0 Å². The van der Waals surface area contributed by atoms with Crippen molar-refractivity contribution in [2.45, 2.75) is 58.3 Å².